The van der Waals surface area contributed by atoms with Gasteiger partial charge in [0.05, 0.1) is 19.3 Å². The van der Waals surface area contributed by atoms with Crippen molar-refractivity contribution in [2.45, 2.75) is 17.9 Å². The monoisotopic (exact) mass is 485 g/mol. The SMILES string of the molecule is Cc1ccc(NS(=O)(=O)c2ccsc2C(=O)NCC(c2ccccc2)N2CCOCC2)cc1. The van der Waals surface area contributed by atoms with Crippen LogP contribution in [-0.2, 0) is 14.8 Å². The summed E-state index contributed by atoms with van der Waals surface area (Å²) in [5, 5.41) is 4.58. The standard InChI is InChI=1S/C24H27N3O4S2/c1-18-7-9-20(10-8-18)26-33(29,30)22-11-16-32-23(22)24(28)25-17-21(19-5-3-2-4-6-19)27-12-14-31-15-13-27/h2-11,16,21,26H,12-15,17H2,1H3,(H,25,28). The van der Waals surface area contributed by atoms with E-state index in [2.05, 4.69) is 14.9 Å². The molecule has 2 heterocycles. The van der Waals surface area contributed by atoms with Crippen molar-refractivity contribution in [3.8, 4) is 0 Å². The number of nitrogens with zero attached hydrogens (tertiary/aromatic N) is 1. The van der Waals surface area contributed by atoms with E-state index >= 15 is 0 Å². The van der Waals surface area contributed by atoms with E-state index in [1.165, 1.54) is 6.07 Å². The van der Waals surface area contributed by atoms with Gasteiger partial charge in [0.15, 0.2) is 0 Å². The Labute approximate surface area is 198 Å². The molecule has 0 spiro atoms. The maximum absolute atomic E-state index is 13.1. The van der Waals surface area contributed by atoms with E-state index in [1.807, 2.05) is 49.4 Å². The van der Waals surface area contributed by atoms with Crippen molar-refractivity contribution >= 4 is 33.0 Å². The predicted molar refractivity (Wildman–Crippen MR) is 130 cm³/mol. The summed E-state index contributed by atoms with van der Waals surface area (Å²) < 4.78 is 34.0. The fraction of sp³-hybridized carbons (Fsp3) is 0.292. The lowest BCUT2D eigenvalue weighted by Crippen LogP contribution is -2.43. The van der Waals surface area contributed by atoms with Gasteiger partial charge < -0.3 is 10.1 Å². The molecule has 1 saturated heterocycles. The molecular weight excluding hydrogens is 458 g/mol. The molecule has 1 atom stereocenters. The molecule has 2 N–H and O–H groups in total. The van der Waals surface area contributed by atoms with Gasteiger partial charge in [0.1, 0.15) is 9.77 Å². The molecule has 33 heavy (non-hydrogen) atoms. The van der Waals surface area contributed by atoms with Gasteiger partial charge in [-0.15, -0.1) is 11.3 Å². The quantitative estimate of drug-likeness (QED) is 0.508. The lowest BCUT2D eigenvalue weighted by molar-refractivity contribution is 0.0162. The number of benzene rings is 2. The Hall–Kier alpha value is -2.72. The van der Waals surface area contributed by atoms with E-state index < -0.39 is 15.9 Å². The van der Waals surface area contributed by atoms with Crippen LogP contribution in [0.5, 0.6) is 0 Å². The number of morpholine rings is 1. The van der Waals surface area contributed by atoms with Crippen LogP contribution in [0, 0.1) is 6.92 Å². The molecule has 3 aromatic rings. The number of nitrogens with one attached hydrogen (secondary N) is 2. The number of carbonyl (C=O) groups excluding carboxylic acids is 1. The first-order chi connectivity index (χ1) is 15.9. The zero-order valence-corrected chi connectivity index (χ0v) is 20.0. The highest BCUT2D eigenvalue weighted by molar-refractivity contribution is 7.93. The van der Waals surface area contributed by atoms with Crippen LogP contribution in [0.25, 0.3) is 0 Å². The number of ether oxygens (including phenoxy) is 1. The summed E-state index contributed by atoms with van der Waals surface area (Å²) in [6, 6.07) is 18.5. The van der Waals surface area contributed by atoms with E-state index in [0.717, 1.165) is 35.6 Å². The zero-order valence-electron chi connectivity index (χ0n) is 18.4. The first kappa shape index (κ1) is 23.4. The molecule has 0 radical (unpaired) electrons. The van der Waals surface area contributed by atoms with Gasteiger partial charge in [-0.05, 0) is 36.1 Å². The molecule has 4 rings (SSSR count). The Bertz CT molecular complexity index is 1170. The minimum atomic E-state index is -3.90. The Kier molecular flexibility index (Phi) is 7.44. The molecule has 1 aliphatic heterocycles. The second kappa shape index (κ2) is 10.5. The smallest absolute Gasteiger partial charge is 0.263 e. The molecule has 1 aromatic heterocycles. The van der Waals surface area contributed by atoms with Crippen LogP contribution < -0.4 is 10.0 Å². The molecule has 7 nitrogen and oxygen atoms in total. The third kappa shape index (κ3) is 5.80. The highest BCUT2D eigenvalue weighted by Crippen LogP contribution is 2.26. The van der Waals surface area contributed by atoms with Crippen LogP contribution in [0.3, 0.4) is 0 Å². The molecule has 2 aromatic carbocycles. The van der Waals surface area contributed by atoms with Crippen molar-refractivity contribution in [1.29, 1.82) is 0 Å². The Morgan fingerprint density at radius 2 is 1.76 bits per heavy atom. The number of carbonyl (C=O) groups is 1. The summed E-state index contributed by atoms with van der Waals surface area (Å²) in [5.41, 5.74) is 2.58. The number of aryl methyl sites for hydroxylation is 1. The van der Waals surface area contributed by atoms with Gasteiger partial charge in [0.2, 0.25) is 0 Å². The minimum absolute atomic E-state index is 0.0202. The normalized spacial score (nSPS) is 15.7. The van der Waals surface area contributed by atoms with Gasteiger partial charge in [-0.3, -0.25) is 14.4 Å². The number of thiophene rings is 1. The van der Waals surface area contributed by atoms with Gasteiger partial charge >= 0.3 is 0 Å². The number of hydrogen-bond donors (Lipinski definition) is 2. The van der Waals surface area contributed by atoms with E-state index in [1.54, 1.807) is 17.5 Å². The lowest BCUT2D eigenvalue weighted by atomic mass is 10.0. The molecule has 1 amide bonds. The molecule has 9 heteroatoms. The molecule has 1 fully saturated rings. The topological polar surface area (TPSA) is 87.7 Å². The minimum Gasteiger partial charge on any atom is -0.379 e. The first-order valence-electron chi connectivity index (χ1n) is 10.8. The third-order valence-corrected chi connectivity index (χ3v) is 8.02. The van der Waals surface area contributed by atoms with Crippen molar-refractivity contribution in [2.75, 3.05) is 37.6 Å². The Morgan fingerprint density at radius 3 is 2.45 bits per heavy atom. The molecule has 1 aliphatic rings. The van der Waals surface area contributed by atoms with E-state index in [-0.39, 0.29) is 15.8 Å². The van der Waals surface area contributed by atoms with Crippen LogP contribution in [-0.4, -0.2) is 52.1 Å². The zero-order chi connectivity index (χ0) is 23.3. The number of anilines is 1. The van der Waals surface area contributed by atoms with Crippen molar-refractivity contribution < 1.29 is 17.9 Å². The Morgan fingerprint density at radius 1 is 1.06 bits per heavy atom. The van der Waals surface area contributed by atoms with Gasteiger partial charge in [-0.1, -0.05) is 48.0 Å². The number of sulfonamides is 1. The van der Waals surface area contributed by atoms with Gasteiger partial charge in [-0.25, -0.2) is 8.42 Å². The third-order valence-electron chi connectivity index (χ3n) is 5.56. The lowest BCUT2D eigenvalue weighted by Gasteiger charge is -2.34. The van der Waals surface area contributed by atoms with Crippen LogP contribution in [0.2, 0.25) is 0 Å². The molecule has 174 valence electrons. The highest BCUT2D eigenvalue weighted by Gasteiger charge is 2.27. The summed E-state index contributed by atoms with van der Waals surface area (Å²) in [7, 11) is -3.90. The maximum Gasteiger partial charge on any atom is 0.263 e. The first-order valence-corrected chi connectivity index (χ1v) is 13.1. The number of rotatable bonds is 8. The van der Waals surface area contributed by atoms with E-state index in [4.69, 9.17) is 4.74 Å². The summed E-state index contributed by atoms with van der Waals surface area (Å²) in [6.45, 7) is 5.14. The molecule has 1 unspecified atom stereocenters. The van der Waals surface area contributed by atoms with Crippen molar-refractivity contribution in [1.82, 2.24) is 10.2 Å². The number of amides is 1. The van der Waals surface area contributed by atoms with Crippen LogP contribution >= 0.6 is 11.3 Å². The molecule has 0 bridgehead atoms. The summed E-state index contributed by atoms with van der Waals surface area (Å²) in [5.74, 6) is -0.400. The predicted octanol–water partition coefficient (Wildman–Crippen LogP) is 3.66. The van der Waals surface area contributed by atoms with Crippen LogP contribution in [0.1, 0.15) is 26.8 Å². The molecule has 0 saturated carbocycles. The fourth-order valence-electron chi connectivity index (χ4n) is 3.80. The van der Waals surface area contributed by atoms with E-state index in [0.29, 0.717) is 25.4 Å². The average molecular weight is 486 g/mol. The van der Waals surface area contributed by atoms with Crippen LogP contribution in [0.15, 0.2) is 70.9 Å². The number of hydrogen-bond acceptors (Lipinski definition) is 6. The molecular formula is C24H27N3O4S2. The van der Waals surface area contributed by atoms with Gasteiger partial charge in [0.25, 0.3) is 15.9 Å². The van der Waals surface area contributed by atoms with Crippen LogP contribution in [0.4, 0.5) is 5.69 Å². The Balaban J connectivity index is 1.49. The average Bonchev–Trinajstić information content (AvgIpc) is 3.33. The van der Waals surface area contributed by atoms with Gasteiger partial charge in [-0.2, -0.15) is 0 Å². The second-order valence-electron chi connectivity index (χ2n) is 7.87. The fourth-order valence-corrected chi connectivity index (χ4v) is 6.20. The molecule has 0 aliphatic carbocycles. The van der Waals surface area contributed by atoms with Crippen molar-refractivity contribution in [3.05, 3.63) is 82.0 Å². The second-order valence-corrected chi connectivity index (χ2v) is 10.4. The summed E-state index contributed by atoms with van der Waals surface area (Å²) >= 11 is 1.12. The van der Waals surface area contributed by atoms with Crippen molar-refractivity contribution in [2.24, 2.45) is 0 Å². The highest BCUT2D eigenvalue weighted by atomic mass is 32.2. The largest absolute Gasteiger partial charge is 0.379 e. The van der Waals surface area contributed by atoms with E-state index in [9.17, 15) is 13.2 Å². The maximum atomic E-state index is 13.1. The van der Waals surface area contributed by atoms with Gasteiger partial charge in [0, 0.05) is 25.3 Å². The summed E-state index contributed by atoms with van der Waals surface area (Å²) in [6.07, 6.45) is 0. The summed E-state index contributed by atoms with van der Waals surface area (Å²) in [4.78, 5) is 15.5. The van der Waals surface area contributed by atoms with Crippen molar-refractivity contribution in [3.63, 3.8) is 0 Å².